The van der Waals surface area contributed by atoms with E-state index in [0.29, 0.717) is 22.1 Å². The van der Waals surface area contributed by atoms with Crippen molar-refractivity contribution in [1.82, 2.24) is 10.1 Å². The summed E-state index contributed by atoms with van der Waals surface area (Å²) in [7, 11) is 1.57. The lowest BCUT2D eigenvalue weighted by atomic mass is 10.1. The molecule has 146 valence electrons. The predicted octanol–water partition coefficient (Wildman–Crippen LogP) is 3.74. The Bertz CT molecular complexity index is 1020. The summed E-state index contributed by atoms with van der Waals surface area (Å²) in [6.45, 7) is 4.89. The molecule has 0 fully saturated rings. The fourth-order valence-corrected chi connectivity index (χ4v) is 3.61. The van der Waals surface area contributed by atoms with Crippen LogP contribution in [0, 0.1) is 13.8 Å². The molecule has 2 heterocycles. The molecule has 28 heavy (non-hydrogen) atoms. The van der Waals surface area contributed by atoms with Crippen LogP contribution >= 0.6 is 11.3 Å². The average molecular weight is 401 g/mol. The third-order valence-electron chi connectivity index (χ3n) is 4.00. The third-order valence-corrected chi connectivity index (χ3v) is 5.12. The van der Waals surface area contributed by atoms with E-state index in [4.69, 9.17) is 14.0 Å². The minimum Gasteiger partial charge on any atom is -0.497 e. The van der Waals surface area contributed by atoms with E-state index in [0.717, 1.165) is 16.0 Å². The van der Waals surface area contributed by atoms with Crippen LogP contribution in [-0.4, -0.2) is 29.1 Å². The highest BCUT2D eigenvalue weighted by molar-refractivity contribution is 7.16. The van der Waals surface area contributed by atoms with Crippen LogP contribution in [0.3, 0.4) is 0 Å². The molecule has 0 unspecified atom stereocenters. The highest BCUT2D eigenvalue weighted by Crippen LogP contribution is 2.33. The van der Waals surface area contributed by atoms with E-state index in [9.17, 15) is 9.59 Å². The van der Waals surface area contributed by atoms with Crippen LogP contribution in [0.2, 0.25) is 0 Å². The Morgan fingerprint density at radius 2 is 2.07 bits per heavy atom. The Labute approximate surface area is 165 Å². The van der Waals surface area contributed by atoms with E-state index < -0.39 is 5.97 Å². The van der Waals surface area contributed by atoms with Gasteiger partial charge in [0.05, 0.1) is 12.7 Å². The lowest BCUT2D eigenvalue weighted by Crippen LogP contribution is -2.12. The van der Waals surface area contributed by atoms with E-state index in [1.165, 1.54) is 18.3 Å². The van der Waals surface area contributed by atoms with Gasteiger partial charge in [-0.25, -0.2) is 4.79 Å². The molecule has 1 N–H and O–H groups in total. The van der Waals surface area contributed by atoms with Gasteiger partial charge in [-0.1, -0.05) is 17.3 Å². The second kappa shape index (κ2) is 8.22. The van der Waals surface area contributed by atoms with Gasteiger partial charge in [-0.3, -0.25) is 4.79 Å². The van der Waals surface area contributed by atoms with Gasteiger partial charge >= 0.3 is 5.97 Å². The summed E-state index contributed by atoms with van der Waals surface area (Å²) in [5, 5.41) is 7.04. The van der Waals surface area contributed by atoms with E-state index in [1.807, 2.05) is 25.1 Å². The smallest absolute Gasteiger partial charge is 0.341 e. The standard InChI is InChI=1S/C19H19N3O5S/c1-10-11(2)28-18(20-12(3)23)16(10)19(24)26-9-15-21-17(22-27-15)13-6-5-7-14(8-13)25-4/h5-8H,9H2,1-4H3,(H,20,23). The first-order valence-corrected chi connectivity index (χ1v) is 9.22. The van der Waals surface area contributed by atoms with Crippen molar-refractivity contribution in [2.24, 2.45) is 0 Å². The number of rotatable bonds is 6. The van der Waals surface area contributed by atoms with Gasteiger partial charge in [0.2, 0.25) is 11.7 Å². The summed E-state index contributed by atoms with van der Waals surface area (Å²) >= 11 is 1.33. The van der Waals surface area contributed by atoms with Crippen molar-refractivity contribution in [2.45, 2.75) is 27.4 Å². The van der Waals surface area contributed by atoms with Gasteiger partial charge in [-0.15, -0.1) is 11.3 Å². The maximum atomic E-state index is 12.5. The summed E-state index contributed by atoms with van der Waals surface area (Å²) < 4.78 is 15.7. The molecular formula is C19H19N3O5S. The number of aromatic nitrogens is 2. The molecule has 0 saturated heterocycles. The molecule has 0 atom stereocenters. The number of anilines is 1. The Morgan fingerprint density at radius 3 is 2.79 bits per heavy atom. The first-order valence-electron chi connectivity index (χ1n) is 8.40. The van der Waals surface area contributed by atoms with Crippen LogP contribution in [0.1, 0.15) is 33.6 Å². The molecule has 9 heteroatoms. The molecule has 0 aliphatic rings. The molecule has 0 saturated carbocycles. The molecule has 1 amide bonds. The number of esters is 1. The Hall–Kier alpha value is -3.20. The van der Waals surface area contributed by atoms with Gasteiger partial charge in [0, 0.05) is 17.4 Å². The fraction of sp³-hybridized carbons (Fsp3) is 0.263. The van der Waals surface area contributed by atoms with Gasteiger partial charge in [-0.05, 0) is 31.5 Å². The number of aryl methyl sites for hydroxylation is 1. The molecule has 1 aromatic carbocycles. The van der Waals surface area contributed by atoms with Gasteiger partial charge in [0.15, 0.2) is 6.61 Å². The van der Waals surface area contributed by atoms with Crippen LogP contribution in [-0.2, 0) is 16.1 Å². The summed E-state index contributed by atoms with van der Waals surface area (Å²) in [5.74, 6) is 0.384. The lowest BCUT2D eigenvalue weighted by Gasteiger charge is -2.05. The highest BCUT2D eigenvalue weighted by atomic mass is 32.1. The summed E-state index contributed by atoms with van der Waals surface area (Å²) in [5.41, 5.74) is 1.82. The number of nitrogens with one attached hydrogen (secondary N) is 1. The predicted molar refractivity (Wildman–Crippen MR) is 104 cm³/mol. The summed E-state index contributed by atoms with van der Waals surface area (Å²) in [6, 6.07) is 7.22. The van der Waals surface area contributed by atoms with E-state index in [-0.39, 0.29) is 18.4 Å². The minimum atomic E-state index is -0.563. The Balaban J connectivity index is 1.72. The molecule has 0 aliphatic carbocycles. The van der Waals surface area contributed by atoms with E-state index >= 15 is 0 Å². The minimum absolute atomic E-state index is 0.164. The monoisotopic (exact) mass is 401 g/mol. The number of nitrogens with zero attached hydrogens (tertiary/aromatic N) is 2. The molecule has 3 aromatic rings. The van der Waals surface area contributed by atoms with Gasteiger partial charge < -0.3 is 19.3 Å². The van der Waals surface area contributed by atoms with Crippen molar-refractivity contribution in [1.29, 1.82) is 0 Å². The normalized spacial score (nSPS) is 10.6. The Morgan fingerprint density at radius 1 is 1.29 bits per heavy atom. The van der Waals surface area contributed by atoms with Crippen molar-refractivity contribution < 1.29 is 23.6 Å². The second-order valence-electron chi connectivity index (χ2n) is 5.99. The molecule has 2 aromatic heterocycles. The highest BCUT2D eigenvalue weighted by Gasteiger charge is 2.22. The average Bonchev–Trinajstić information content (AvgIpc) is 3.24. The van der Waals surface area contributed by atoms with E-state index in [2.05, 4.69) is 15.5 Å². The number of thiophene rings is 1. The topological polar surface area (TPSA) is 104 Å². The maximum Gasteiger partial charge on any atom is 0.341 e. The fourth-order valence-electron chi connectivity index (χ4n) is 2.51. The number of carbonyl (C=O) groups excluding carboxylic acids is 2. The molecule has 3 rings (SSSR count). The van der Waals surface area contributed by atoms with Crippen molar-refractivity contribution in [3.05, 3.63) is 46.2 Å². The first kappa shape index (κ1) is 19.6. The number of benzene rings is 1. The zero-order valence-corrected chi connectivity index (χ0v) is 16.7. The third kappa shape index (κ3) is 4.20. The van der Waals surface area contributed by atoms with Crippen molar-refractivity contribution in [3.8, 4) is 17.1 Å². The largest absolute Gasteiger partial charge is 0.497 e. The zero-order chi connectivity index (χ0) is 20.3. The van der Waals surface area contributed by atoms with Crippen LogP contribution in [0.4, 0.5) is 5.00 Å². The van der Waals surface area contributed by atoms with Crippen LogP contribution in [0.15, 0.2) is 28.8 Å². The number of ether oxygens (including phenoxy) is 2. The van der Waals surface area contributed by atoms with Crippen molar-refractivity contribution in [3.63, 3.8) is 0 Å². The Kier molecular flexibility index (Phi) is 5.74. The molecule has 0 bridgehead atoms. The number of hydrogen-bond acceptors (Lipinski definition) is 8. The summed E-state index contributed by atoms with van der Waals surface area (Å²) in [6.07, 6.45) is 0. The molecule has 8 nitrogen and oxygen atoms in total. The molecule has 0 spiro atoms. The zero-order valence-electron chi connectivity index (χ0n) is 15.9. The first-order chi connectivity index (χ1) is 13.4. The SMILES string of the molecule is COc1cccc(-c2noc(COC(=O)c3c(NC(C)=O)sc(C)c3C)n2)c1. The number of hydrogen-bond donors (Lipinski definition) is 1. The molecular weight excluding hydrogens is 382 g/mol. The van der Waals surface area contributed by atoms with Crippen LogP contribution < -0.4 is 10.1 Å². The van der Waals surface area contributed by atoms with Crippen molar-refractivity contribution in [2.75, 3.05) is 12.4 Å². The van der Waals surface area contributed by atoms with Crippen LogP contribution in [0.5, 0.6) is 5.75 Å². The quantitative estimate of drug-likeness (QED) is 0.628. The molecule has 0 radical (unpaired) electrons. The number of methoxy groups -OCH3 is 1. The second-order valence-corrected chi connectivity index (χ2v) is 7.21. The van der Waals surface area contributed by atoms with E-state index in [1.54, 1.807) is 20.1 Å². The lowest BCUT2D eigenvalue weighted by molar-refractivity contribution is -0.114. The van der Waals surface area contributed by atoms with Gasteiger partial charge in [-0.2, -0.15) is 4.98 Å². The number of amides is 1. The van der Waals surface area contributed by atoms with Gasteiger partial charge in [0.1, 0.15) is 10.8 Å². The van der Waals surface area contributed by atoms with Crippen molar-refractivity contribution >= 4 is 28.2 Å². The van der Waals surface area contributed by atoms with Gasteiger partial charge in [0.25, 0.3) is 5.89 Å². The maximum absolute atomic E-state index is 12.5. The molecule has 0 aliphatic heterocycles. The summed E-state index contributed by atoms with van der Waals surface area (Å²) in [4.78, 5) is 29.1. The number of carbonyl (C=O) groups is 2. The van der Waals surface area contributed by atoms with Crippen LogP contribution in [0.25, 0.3) is 11.4 Å².